The molecule has 1 aromatic carbocycles. The first kappa shape index (κ1) is 20.5. The maximum atomic E-state index is 12.6. The molecule has 2 amide bonds. The van der Waals surface area contributed by atoms with Gasteiger partial charge in [0.05, 0.1) is 6.54 Å². The first-order chi connectivity index (χ1) is 12.4. The Bertz CT molecular complexity index is 615. The molecule has 1 saturated heterocycles. The fraction of sp³-hybridized carbons (Fsp3) is 0.579. The number of anilines is 1. The summed E-state index contributed by atoms with van der Waals surface area (Å²) < 4.78 is 0. The fourth-order valence-corrected chi connectivity index (χ4v) is 3.26. The zero-order valence-electron chi connectivity index (χ0n) is 15.9. The highest BCUT2D eigenvalue weighted by molar-refractivity contribution is 6.30. The van der Waals surface area contributed by atoms with Crippen molar-refractivity contribution in [3.63, 3.8) is 0 Å². The molecule has 1 aliphatic heterocycles. The molecule has 0 radical (unpaired) electrons. The summed E-state index contributed by atoms with van der Waals surface area (Å²) in [6.45, 7) is 6.07. The second-order valence-corrected chi connectivity index (χ2v) is 7.38. The van der Waals surface area contributed by atoms with Crippen molar-refractivity contribution in [1.82, 2.24) is 14.7 Å². The molecule has 1 heterocycles. The van der Waals surface area contributed by atoms with Gasteiger partial charge < -0.3 is 19.6 Å². The van der Waals surface area contributed by atoms with E-state index >= 15 is 0 Å². The first-order valence-electron chi connectivity index (χ1n) is 9.05. The molecule has 0 N–H and O–H groups in total. The van der Waals surface area contributed by atoms with Crippen molar-refractivity contribution in [3.8, 4) is 0 Å². The van der Waals surface area contributed by atoms with Crippen molar-refractivity contribution in [1.29, 1.82) is 0 Å². The summed E-state index contributed by atoms with van der Waals surface area (Å²) in [6, 6.07) is 7.78. The van der Waals surface area contributed by atoms with Crippen LogP contribution >= 0.6 is 11.6 Å². The zero-order chi connectivity index (χ0) is 19.1. The summed E-state index contributed by atoms with van der Waals surface area (Å²) in [4.78, 5) is 32.2. The fourth-order valence-electron chi connectivity index (χ4n) is 3.08. The van der Waals surface area contributed by atoms with Gasteiger partial charge in [0.1, 0.15) is 0 Å². The molecular weight excluding hydrogens is 352 g/mol. The van der Waals surface area contributed by atoms with Crippen molar-refractivity contribution in [3.05, 3.63) is 29.3 Å². The van der Waals surface area contributed by atoms with Gasteiger partial charge >= 0.3 is 0 Å². The van der Waals surface area contributed by atoms with E-state index < -0.39 is 0 Å². The molecule has 0 unspecified atom stereocenters. The average Bonchev–Trinajstić information content (AvgIpc) is 2.60. The number of nitrogens with zero attached hydrogens (tertiary/aromatic N) is 4. The predicted octanol–water partition coefficient (Wildman–Crippen LogP) is 1.79. The third kappa shape index (κ3) is 6.18. The van der Waals surface area contributed by atoms with Gasteiger partial charge in [0.2, 0.25) is 11.8 Å². The molecule has 0 spiro atoms. The van der Waals surface area contributed by atoms with Gasteiger partial charge in [0.25, 0.3) is 0 Å². The molecule has 1 aliphatic rings. The molecule has 0 aromatic heterocycles. The summed E-state index contributed by atoms with van der Waals surface area (Å²) in [5.74, 6) is -0.0227. The third-order valence-corrected chi connectivity index (χ3v) is 4.85. The lowest BCUT2D eigenvalue weighted by Gasteiger charge is -2.37. The van der Waals surface area contributed by atoms with Gasteiger partial charge in [0.15, 0.2) is 0 Å². The van der Waals surface area contributed by atoms with Gasteiger partial charge in [-0.05, 0) is 45.3 Å². The summed E-state index contributed by atoms with van der Waals surface area (Å²) in [5, 5.41) is 0.718. The normalized spacial score (nSPS) is 14.7. The largest absolute Gasteiger partial charge is 0.368 e. The molecule has 0 aliphatic carbocycles. The van der Waals surface area contributed by atoms with Gasteiger partial charge in [-0.15, -0.1) is 0 Å². The Balaban J connectivity index is 1.83. The van der Waals surface area contributed by atoms with E-state index in [1.54, 1.807) is 4.90 Å². The van der Waals surface area contributed by atoms with Crippen molar-refractivity contribution < 1.29 is 9.59 Å². The number of halogens is 1. The van der Waals surface area contributed by atoms with Crippen molar-refractivity contribution >= 4 is 29.1 Å². The molecule has 0 saturated carbocycles. The number of carbonyl (C=O) groups excluding carboxylic acids is 2. The van der Waals surface area contributed by atoms with Gasteiger partial charge in [-0.2, -0.15) is 0 Å². The van der Waals surface area contributed by atoms with E-state index in [1.807, 2.05) is 43.3 Å². The molecule has 0 atom stereocenters. The molecule has 1 aromatic rings. The highest BCUT2D eigenvalue weighted by Crippen LogP contribution is 2.20. The Morgan fingerprint density at radius 2 is 1.81 bits per heavy atom. The summed E-state index contributed by atoms with van der Waals surface area (Å²) >= 11 is 6.06. The minimum absolute atomic E-state index is 0.0239. The van der Waals surface area contributed by atoms with E-state index in [0.29, 0.717) is 19.6 Å². The maximum Gasteiger partial charge on any atom is 0.242 e. The number of hydrogen-bond donors (Lipinski definition) is 0. The highest BCUT2D eigenvalue weighted by atomic mass is 35.5. The SMILES string of the molecule is CC(=O)N(CCCN(C)C)CC(=O)N1CCN(c2cccc(Cl)c2)CC1. The van der Waals surface area contributed by atoms with E-state index in [0.717, 1.165) is 36.8 Å². The van der Waals surface area contributed by atoms with Crippen LogP contribution in [-0.4, -0.2) is 86.4 Å². The molecular formula is C19H29ClN4O2. The van der Waals surface area contributed by atoms with Crippen LogP contribution in [0.5, 0.6) is 0 Å². The lowest BCUT2D eigenvalue weighted by molar-refractivity contribution is -0.139. The summed E-state index contributed by atoms with van der Waals surface area (Å²) in [7, 11) is 4.01. The maximum absolute atomic E-state index is 12.6. The lowest BCUT2D eigenvalue weighted by atomic mass is 10.2. The first-order valence-corrected chi connectivity index (χ1v) is 9.43. The number of piperazine rings is 1. The Hall–Kier alpha value is -1.79. The van der Waals surface area contributed by atoms with Crippen LogP contribution in [0.2, 0.25) is 5.02 Å². The van der Waals surface area contributed by atoms with E-state index in [9.17, 15) is 9.59 Å². The molecule has 0 bridgehead atoms. The molecule has 144 valence electrons. The van der Waals surface area contributed by atoms with Crippen LogP contribution in [0.4, 0.5) is 5.69 Å². The van der Waals surface area contributed by atoms with E-state index in [1.165, 1.54) is 6.92 Å². The smallest absolute Gasteiger partial charge is 0.242 e. The number of rotatable bonds is 7. The van der Waals surface area contributed by atoms with Crippen LogP contribution in [-0.2, 0) is 9.59 Å². The second kappa shape index (κ2) is 9.78. The van der Waals surface area contributed by atoms with Crippen LogP contribution in [0, 0.1) is 0 Å². The Morgan fingerprint density at radius 1 is 1.12 bits per heavy atom. The lowest BCUT2D eigenvalue weighted by Crippen LogP contribution is -2.52. The summed E-state index contributed by atoms with van der Waals surface area (Å²) in [6.07, 6.45) is 0.863. The minimum atomic E-state index is -0.0466. The molecule has 26 heavy (non-hydrogen) atoms. The molecule has 6 nitrogen and oxygen atoms in total. The van der Waals surface area contributed by atoms with Crippen LogP contribution in [0.15, 0.2) is 24.3 Å². The minimum Gasteiger partial charge on any atom is -0.368 e. The standard InChI is InChI=1S/C19H29ClN4O2/c1-16(25)24(9-5-8-21(2)3)15-19(26)23-12-10-22(11-13-23)18-7-4-6-17(20)14-18/h4,6-7,14H,5,8-13,15H2,1-3H3. The number of carbonyl (C=O) groups is 2. The van der Waals surface area contributed by atoms with Crippen molar-refractivity contribution in [2.75, 3.05) is 64.8 Å². The van der Waals surface area contributed by atoms with Gasteiger partial charge in [0, 0.05) is 50.4 Å². The quantitative estimate of drug-likeness (QED) is 0.723. The Kier molecular flexibility index (Phi) is 7.72. The van der Waals surface area contributed by atoms with E-state index in [4.69, 9.17) is 11.6 Å². The topological polar surface area (TPSA) is 47.1 Å². The monoisotopic (exact) mass is 380 g/mol. The van der Waals surface area contributed by atoms with Crippen molar-refractivity contribution in [2.24, 2.45) is 0 Å². The van der Waals surface area contributed by atoms with E-state index in [-0.39, 0.29) is 18.4 Å². The zero-order valence-corrected chi connectivity index (χ0v) is 16.7. The number of amides is 2. The number of benzene rings is 1. The average molecular weight is 381 g/mol. The van der Waals surface area contributed by atoms with Crippen LogP contribution in [0.1, 0.15) is 13.3 Å². The van der Waals surface area contributed by atoms with E-state index in [2.05, 4.69) is 9.80 Å². The molecule has 1 fully saturated rings. The van der Waals surface area contributed by atoms with Gasteiger partial charge in [-0.25, -0.2) is 0 Å². The van der Waals surface area contributed by atoms with Gasteiger partial charge in [-0.3, -0.25) is 9.59 Å². The van der Waals surface area contributed by atoms with Crippen LogP contribution < -0.4 is 4.90 Å². The number of hydrogen-bond acceptors (Lipinski definition) is 4. The van der Waals surface area contributed by atoms with Crippen molar-refractivity contribution in [2.45, 2.75) is 13.3 Å². The van der Waals surface area contributed by atoms with Crippen LogP contribution in [0.25, 0.3) is 0 Å². The third-order valence-electron chi connectivity index (χ3n) is 4.61. The molecule has 2 rings (SSSR count). The molecule has 7 heteroatoms. The summed E-state index contributed by atoms with van der Waals surface area (Å²) in [5.41, 5.74) is 1.08. The predicted molar refractivity (Wildman–Crippen MR) is 106 cm³/mol. The Morgan fingerprint density at radius 3 is 2.38 bits per heavy atom. The second-order valence-electron chi connectivity index (χ2n) is 6.95. The van der Waals surface area contributed by atoms with Crippen LogP contribution in [0.3, 0.4) is 0 Å². The highest BCUT2D eigenvalue weighted by Gasteiger charge is 2.23. The Labute approximate surface area is 161 Å². The van der Waals surface area contributed by atoms with Gasteiger partial charge in [-0.1, -0.05) is 17.7 Å².